The molecule has 12 heteroatoms. The van der Waals surface area contributed by atoms with Crippen LogP contribution in [0.4, 0.5) is 20.3 Å². The molecule has 5 rings (SSSR count). The Morgan fingerprint density at radius 3 is 2.75 bits per heavy atom. The number of hydrogen-bond acceptors (Lipinski definition) is 9. The fourth-order valence-electron chi connectivity index (χ4n) is 4.25. The number of benzene rings is 2. The van der Waals surface area contributed by atoms with Gasteiger partial charge in [0, 0.05) is 11.1 Å². The molecular formula is C28H28F2N8O2. The van der Waals surface area contributed by atoms with Crippen LogP contribution >= 0.6 is 0 Å². The summed E-state index contributed by atoms with van der Waals surface area (Å²) < 4.78 is 41.6. The molecule has 0 saturated heterocycles. The number of rotatable bonds is 11. The topological polar surface area (TPSA) is 107 Å². The van der Waals surface area contributed by atoms with Crippen LogP contribution in [0.1, 0.15) is 36.8 Å². The van der Waals surface area contributed by atoms with E-state index in [4.69, 9.17) is 9.15 Å². The monoisotopic (exact) mass is 546 g/mol. The third-order valence-electron chi connectivity index (χ3n) is 6.36. The Morgan fingerprint density at radius 2 is 1.98 bits per heavy atom. The Balaban J connectivity index is 1.40. The lowest BCUT2D eigenvalue weighted by atomic mass is 10.2. The molecule has 0 aliphatic heterocycles. The number of nitrogens with zero attached hydrogens (tertiary/aromatic N) is 7. The highest BCUT2D eigenvalue weighted by Crippen LogP contribution is 2.31. The van der Waals surface area contributed by atoms with Gasteiger partial charge in [0.25, 0.3) is 5.89 Å². The van der Waals surface area contributed by atoms with Gasteiger partial charge in [-0.05, 0) is 55.1 Å². The molecule has 2 aromatic carbocycles. The van der Waals surface area contributed by atoms with E-state index in [1.165, 1.54) is 31.6 Å². The van der Waals surface area contributed by atoms with Crippen LogP contribution in [-0.4, -0.2) is 55.0 Å². The second-order valence-electron chi connectivity index (χ2n) is 8.93. The van der Waals surface area contributed by atoms with Crippen molar-refractivity contribution in [2.24, 2.45) is 0 Å². The van der Waals surface area contributed by atoms with Crippen molar-refractivity contribution >= 4 is 34.3 Å². The summed E-state index contributed by atoms with van der Waals surface area (Å²) in [5.41, 5.74) is 2.64. The van der Waals surface area contributed by atoms with Crippen LogP contribution in [-0.2, 0) is 13.1 Å². The van der Waals surface area contributed by atoms with E-state index in [0.717, 1.165) is 29.6 Å². The van der Waals surface area contributed by atoms with Gasteiger partial charge in [0.05, 0.1) is 37.5 Å². The van der Waals surface area contributed by atoms with Gasteiger partial charge < -0.3 is 14.5 Å². The lowest BCUT2D eigenvalue weighted by molar-refractivity contribution is 0.261. The molecule has 0 radical (unpaired) electrons. The minimum Gasteiger partial charge on any atom is -0.480 e. The average Bonchev–Trinajstić information content (AvgIpc) is 3.59. The zero-order chi connectivity index (χ0) is 28.1. The molecule has 10 nitrogen and oxygen atoms in total. The van der Waals surface area contributed by atoms with Crippen molar-refractivity contribution in [3.63, 3.8) is 0 Å². The van der Waals surface area contributed by atoms with Gasteiger partial charge in [-0.3, -0.25) is 9.58 Å². The molecule has 1 N–H and O–H groups in total. The molecule has 206 valence electrons. The maximum absolute atomic E-state index is 15.3. The van der Waals surface area contributed by atoms with Crippen LogP contribution < -0.4 is 10.1 Å². The summed E-state index contributed by atoms with van der Waals surface area (Å²) in [5.74, 6) is -0.477. The number of nitrogens with one attached hydrogen (secondary N) is 1. The number of halogens is 2. The molecule has 0 saturated carbocycles. The van der Waals surface area contributed by atoms with E-state index in [0.29, 0.717) is 30.5 Å². The molecule has 0 bridgehead atoms. The van der Waals surface area contributed by atoms with Gasteiger partial charge in [0.1, 0.15) is 18.0 Å². The zero-order valence-electron chi connectivity index (χ0n) is 22.3. The summed E-state index contributed by atoms with van der Waals surface area (Å²) in [4.78, 5) is 10.5. The molecule has 0 amide bonds. The Morgan fingerprint density at radius 1 is 1.12 bits per heavy atom. The molecule has 5 aromatic rings. The van der Waals surface area contributed by atoms with E-state index >= 15 is 4.39 Å². The Hall–Kier alpha value is -4.71. The van der Waals surface area contributed by atoms with Crippen LogP contribution in [0, 0.1) is 5.82 Å². The standard InChI is InChI=1S/C28H28F2N8O2/c1-4-37(5-2)16-25-35-36-28(40-25)23(30)13-22-26(31-17-32-27(22)39-3)34-21-9-10-24-19(12-21)14-33-38(24)15-18-7-6-8-20(29)11-18/h6-14,17H,4-5,15-16H2,1-3H3,(H,31,32,34)/b23-13-. The second-order valence-corrected chi connectivity index (χ2v) is 8.93. The van der Waals surface area contributed by atoms with E-state index in [1.807, 2.05) is 38.1 Å². The third kappa shape index (κ3) is 5.96. The van der Waals surface area contributed by atoms with Crippen molar-refractivity contribution in [2.75, 3.05) is 25.5 Å². The summed E-state index contributed by atoms with van der Waals surface area (Å²) in [6.07, 6.45) is 4.25. The van der Waals surface area contributed by atoms with E-state index in [9.17, 15) is 4.39 Å². The van der Waals surface area contributed by atoms with Crippen molar-refractivity contribution in [3.05, 3.63) is 83.7 Å². The lowest BCUT2D eigenvalue weighted by Crippen LogP contribution is -2.22. The van der Waals surface area contributed by atoms with Crippen LogP contribution in [0.15, 0.2) is 59.4 Å². The lowest BCUT2D eigenvalue weighted by Gasteiger charge is -2.14. The SMILES string of the molecule is CCN(CC)Cc1nnc(/C(F)=C/c2c(Nc3ccc4c(cnn4Cc4cccc(F)c4)c3)ncnc2OC)o1. The van der Waals surface area contributed by atoms with E-state index < -0.39 is 5.83 Å². The van der Waals surface area contributed by atoms with Gasteiger partial charge in [-0.25, -0.2) is 18.7 Å². The summed E-state index contributed by atoms with van der Waals surface area (Å²) in [6.45, 7) is 6.51. The van der Waals surface area contributed by atoms with Crippen molar-refractivity contribution in [1.82, 2.24) is 34.8 Å². The van der Waals surface area contributed by atoms with Crippen molar-refractivity contribution in [1.29, 1.82) is 0 Å². The highest BCUT2D eigenvalue weighted by Gasteiger charge is 2.17. The smallest absolute Gasteiger partial charge is 0.276 e. The van der Waals surface area contributed by atoms with Crippen molar-refractivity contribution in [2.45, 2.75) is 26.9 Å². The van der Waals surface area contributed by atoms with Gasteiger partial charge in [0.2, 0.25) is 11.8 Å². The van der Waals surface area contributed by atoms with Crippen LogP contribution in [0.25, 0.3) is 22.8 Å². The largest absolute Gasteiger partial charge is 0.480 e. The second kappa shape index (κ2) is 12.0. The Kier molecular flexibility index (Phi) is 8.06. The highest BCUT2D eigenvalue weighted by molar-refractivity contribution is 5.86. The maximum Gasteiger partial charge on any atom is 0.276 e. The normalized spacial score (nSPS) is 11.9. The molecule has 3 heterocycles. The number of aromatic nitrogens is 6. The average molecular weight is 547 g/mol. The minimum absolute atomic E-state index is 0.166. The number of hydrogen-bond donors (Lipinski definition) is 1. The predicted octanol–water partition coefficient (Wildman–Crippen LogP) is 5.46. The third-order valence-corrected chi connectivity index (χ3v) is 6.36. The molecule has 3 aromatic heterocycles. The van der Waals surface area contributed by atoms with Crippen LogP contribution in [0.3, 0.4) is 0 Å². The molecular weight excluding hydrogens is 518 g/mol. The van der Waals surface area contributed by atoms with Crippen LogP contribution in [0.2, 0.25) is 0 Å². The molecule has 40 heavy (non-hydrogen) atoms. The molecule has 0 aliphatic rings. The summed E-state index contributed by atoms with van der Waals surface area (Å²) in [5, 5.41) is 16.3. The van der Waals surface area contributed by atoms with Gasteiger partial charge in [-0.15, -0.1) is 10.2 Å². The quantitative estimate of drug-likeness (QED) is 0.231. The van der Waals surface area contributed by atoms with Gasteiger partial charge in [-0.1, -0.05) is 26.0 Å². The first-order valence-electron chi connectivity index (χ1n) is 12.8. The predicted molar refractivity (Wildman–Crippen MR) is 147 cm³/mol. The van der Waals surface area contributed by atoms with Crippen LogP contribution in [0.5, 0.6) is 5.88 Å². The Bertz CT molecular complexity index is 1640. The summed E-state index contributed by atoms with van der Waals surface area (Å²) in [6, 6.07) is 12.1. The molecule has 0 fully saturated rings. The first kappa shape index (κ1) is 26.9. The zero-order valence-corrected chi connectivity index (χ0v) is 22.3. The molecule has 0 spiro atoms. The van der Waals surface area contributed by atoms with Crippen molar-refractivity contribution in [3.8, 4) is 5.88 Å². The van der Waals surface area contributed by atoms with Gasteiger partial charge in [-0.2, -0.15) is 5.10 Å². The number of anilines is 2. The van der Waals surface area contributed by atoms with Gasteiger partial charge >= 0.3 is 0 Å². The van der Waals surface area contributed by atoms with E-state index in [2.05, 4.69) is 35.5 Å². The van der Waals surface area contributed by atoms with E-state index in [1.54, 1.807) is 16.9 Å². The Labute approximate surface area is 229 Å². The highest BCUT2D eigenvalue weighted by atomic mass is 19.1. The molecule has 0 unspecified atom stereocenters. The maximum atomic E-state index is 15.3. The number of ether oxygens (including phenoxy) is 1. The summed E-state index contributed by atoms with van der Waals surface area (Å²) >= 11 is 0. The summed E-state index contributed by atoms with van der Waals surface area (Å²) in [7, 11) is 1.44. The fourth-order valence-corrected chi connectivity index (χ4v) is 4.25. The number of fused-ring (bicyclic) bond motifs is 1. The van der Waals surface area contributed by atoms with Crippen molar-refractivity contribution < 1.29 is 17.9 Å². The minimum atomic E-state index is -0.747. The molecule has 0 atom stereocenters. The first-order valence-corrected chi connectivity index (χ1v) is 12.8. The van der Waals surface area contributed by atoms with E-state index in [-0.39, 0.29) is 23.2 Å². The fraction of sp³-hybridized carbons (Fsp3) is 0.250. The van der Waals surface area contributed by atoms with Gasteiger partial charge in [0.15, 0.2) is 5.83 Å². The number of methoxy groups -OCH3 is 1. The first-order chi connectivity index (χ1) is 19.5. The molecule has 0 aliphatic carbocycles.